The van der Waals surface area contributed by atoms with Crippen molar-refractivity contribution >= 4 is 21.6 Å². The number of nitrogens with one attached hydrogen (secondary N) is 1. The Labute approximate surface area is 207 Å². The molecule has 0 aliphatic rings. The highest BCUT2D eigenvalue weighted by Gasteiger charge is 2.25. The van der Waals surface area contributed by atoms with E-state index in [1.54, 1.807) is 66.7 Å². The van der Waals surface area contributed by atoms with Gasteiger partial charge in [0.25, 0.3) is 15.9 Å². The van der Waals surface area contributed by atoms with Crippen LogP contribution in [-0.2, 0) is 16.6 Å². The summed E-state index contributed by atoms with van der Waals surface area (Å²) in [6.45, 7) is 2.75. The normalized spacial score (nSPS) is 12.0. The summed E-state index contributed by atoms with van der Waals surface area (Å²) < 4.78 is 28.3. The maximum absolute atomic E-state index is 13.4. The van der Waals surface area contributed by atoms with Crippen molar-refractivity contribution in [2.24, 2.45) is 0 Å². The van der Waals surface area contributed by atoms with Crippen molar-refractivity contribution in [3.8, 4) is 0 Å². The van der Waals surface area contributed by atoms with Gasteiger partial charge < -0.3 is 5.32 Å². The molecular formula is C29H28N2O3S. The highest BCUT2D eigenvalue weighted by molar-refractivity contribution is 7.92. The van der Waals surface area contributed by atoms with E-state index in [2.05, 4.69) is 12.2 Å². The number of hydrogen-bond acceptors (Lipinski definition) is 3. The Kier molecular flexibility index (Phi) is 7.63. The number of sulfonamides is 1. The molecule has 4 aromatic carbocycles. The van der Waals surface area contributed by atoms with Gasteiger partial charge in [-0.1, -0.05) is 85.8 Å². The molecular weight excluding hydrogens is 456 g/mol. The van der Waals surface area contributed by atoms with Crippen LogP contribution in [0.2, 0.25) is 0 Å². The summed E-state index contributed by atoms with van der Waals surface area (Å²) in [6, 6.07) is 34.5. The zero-order valence-corrected chi connectivity index (χ0v) is 20.4. The predicted molar refractivity (Wildman–Crippen MR) is 140 cm³/mol. The molecule has 0 bridgehead atoms. The molecule has 0 saturated carbocycles. The van der Waals surface area contributed by atoms with Gasteiger partial charge in [-0.3, -0.25) is 9.10 Å². The minimum absolute atomic E-state index is 0.147. The Morgan fingerprint density at radius 2 is 1.31 bits per heavy atom. The third kappa shape index (κ3) is 5.97. The highest BCUT2D eigenvalue weighted by Crippen LogP contribution is 2.26. The molecule has 6 heteroatoms. The molecule has 0 spiro atoms. The number of para-hydroxylation sites is 1. The second kappa shape index (κ2) is 11.0. The fourth-order valence-corrected chi connectivity index (χ4v) is 5.28. The zero-order chi connectivity index (χ0) is 24.7. The molecule has 0 aromatic heterocycles. The van der Waals surface area contributed by atoms with Crippen LogP contribution in [0, 0.1) is 0 Å². The first-order valence-electron chi connectivity index (χ1n) is 11.5. The third-order valence-corrected chi connectivity index (χ3v) is 7.64. The average Bonchev–Trinajstić information content (AvgIpc) is 2.92. The van der Waals surface area contributed by atoms with Crippen LogP contribution < -0.4 is 9.62 Å². The maximum Gasteiger partial charge on any atom is 0.264 e. The van der Waals surface area contributed by atoms with Crippen LogP contribution in [0.1, 0.15) is 34.3 Å². The molecule has 0 fully saturated rings. The van der Waals surface area contributed by atoms with Gasteiger partial charge in [0.2, 0.25) is 0 Å². The molecule has 0 saturated heterocycles. The first-order chi connectivity index (χ1) is 16.9. The Morgan fingerprint density at radius 3 is 1.91 bits per heavy atom. The molecule has 35 heavy (non-hydrogen) atoms. The monoisotopic (exact) mass is 484 g/mol. The Balaban J connectivity index is 1.48. The number of carbonyl (C=O) groups excluding carboxylic acids is 1. The molecule has 0 heterocycles. The van der Waals surface area contributed by atoms with Crippen molar-refractivity contribution in [1.82, 2.24) is 5.32 Å². The van der Waals surface area contributed by atoms with Crippen LogP contribution in [0.15, 0.2) is 120 Å². The van der Waals surface area contributed by atoms with E-state index in [9.17, 15) is 13.2 Å². The van der Waals surface area contributed by atoms with E-state index in [4.69, 9.17) is 0 Å². The number of carbonyl (C=O) groups is 1. The topological polar surface area (TPSA) is 66.5 Å². The lowest BCUT2D eigenvalue weighted by Gasteiger charge is -2.25. The summed E-state index contributed by atoms with van der Waals surface area (Å²) >= 11 is 0. The number of hydrogen-bond donors (Lipinski definition) is 1. The van der Waals surface area contributed by atoms with Crippen molar-refractivity contribution in [2.45, 2.75) is 24.3 Å². The molecule has 5 nitrogen and oxygen atoms in total. The van der Waals surface area contributed by atoms with Crippen molar-refractivity contribution in [3.63, 3.8) is 0 Å². The van der Waals surface area contributed by atoms with Crippen LogP contribution >= 0.6 is 0 Å². The van der Waals surface area contributed by atoms with Gasteiger partial charge in [-0.15, -0.1) is 0 Å². The van der Waals surface area contributed by atoms with Gasteiger partial charge in [-0.25, -0.2) is 8.42 Å². The minimum atomic E-state index is -3.77. The average molecular weight is 485 g/mol. The smallest absolute Gasteiger partial charge is 0.264 e. The van der Waals surface area contributed by atoms with Gasteiger partial charge in [0.15, 0.2) is 0 Å². The first-order valence-corrected chi connectivity index (χ1v) is 12.9. The second-order valence-corrected chi connectivity index (χ2v) is 10.2. The number of rotatable bonds is 9. The fourth-order valence-electron chi connectivity index (χ4n) is 3.80. The third-order valence-electron chi connectivity index (χ3n) is 5.86. The Bertz CT molecular complexity index is 1340. The van der Waals surface area contributed by atoms with E-state index in [0.717, 1.165) is 5.56 Å². The number of anilines is 1. The van der Waals surface area contributed by atoms with Gasteiger partial charge in [-0.05, 0) is 53.4 Å². The van der Waals surface area contributed by atoms with Crippen LogP contribution in [0.3, 0.4) is 0 Å². The van der Waals surface area contributed by atoms with Crippen molar-refractivity contribution < 1.29 is 13.2 Å². The molecule has 0 aliphatic carbocycles. The molecule has 4 aromatic rings. The summed E-state index contributed by atoms with van der Waals surface area (Å²) in [4.78, 5) is 12.9. The summed E-state index contributed by atoms with van der Waals surface area (Å²) in [5.41, 5.74) is 3.06. The molecule has 0 unspecified atom stereocenters. The number of nitrogens with zero attached hydrogens (tertiary/aromatic N) is 1. The van der Waals surface area contributed by atoms with Crippen molar-refractivity contribution in [2.75, 3.05) is 10.8 Å². The van der Waals surface area contributed by atoms with Gasteiger partial charge in [-0.2, -0.15) is 0 Å². The maximum atomic E-state index is 13.4. The van der Waals surface area contributed by atoms with Gasteiger partial charge in [0.1, 0.15) is 0 Å². The molecule has 1 N–H and O–H groups in total. The van der Waals surface area contributed by atoms with E-state index in [-0.39, 0.29) is 23.3 Å². The number of benzene rings is 4. The standard InChI is InChI=1S/C29H28N2O3S/c1-23(25-11-5-2-6-12-25)21-30-29(32)26-19-17-24(18-20-26)22-31(27-13-7-3-8-14-27)35(33,34)28-15-9-4-10-16-28/h2-20,23H,21-22H2,1H3,(H,30,32)/t23-/m1/s1. The van der Waals surface area contributed by atoms with E-state index < -0.39 is 10.0 Å². The quantitative estimate of drug-likeness (QED) is 0.336. The fraction of sp³-hybridized carbons (Fsp3) is 0.138. The Hall–Kier alpha value is -3.90. The molecule has 0 aliphatic heterocycles. The molecule has 1 amide bonds. The van der Waals surface area contributed by atoms with Gasteiger partial charge in [0.05, 0.1) is 17.1 Å². The molecule has 178 valence electrons. The van der Waals surface area contributed by atoms with Crippen LogP contribution in [0.4, 0.5) is 5.69 Å². The summed E-state index contributed by atoms with van der Waals surface area (Å²) in [5, 5.41) is 2.98. The SMILES string of the molecule is C[C@H](CNC(=O)c1ccc(CN(c2ccccc2)S(=O)(=O)c2ccccc2)cc1)c1ccccc1. The van der Waals surface area contributed by atoms with E-state index >= 15 is 0 Å². The van der Waals surface area contributed by atoms with Crippen molar-refractivity contribution in [3.05, 3.63) is 132 Å². The lowest BCUT2D eigenvalue weighted by molar-refractivity contribution is 0.0951. The lowest BCUT2D eigenvalue weighted by atomic mass is 10.0. The van der Waals surface area contributed by atoms with Crippen molar-refractivity contribution in [1.29, 1.82) is 0 Å². The van der Waals surface area contributed by atoms with E-state index in [1.165, 1.54) is 9.87 Å². The predicted octanol–water partition coefficient (Wildman–Crippen LogP) is 5.62. The largest absolute Gasteiger partial charge is 0.351 e. The van der Waals surface area contributed by atoms with Crippen LogP contribution in [-0.4, -0.2) is 20.9 Å². The van der Waals surface area contributed by atoms with E-state index in [1.807, 2.05) is 48.5 Å². The van der Waals surface area contributed by atoms with Crippen LogP contribution in [0.25, 0.3) is 0 Å². The molecule has 0 radical (unpaired) electrons. The second-order valence-electron chi connectivity index (χ2n) is 8.38. The van der Waals surface area contributed by atoms with E-state index in [0.29, 0.717) is 17.8 Å². The number of amides is 1. The first kappa shape index (κ1) is 24.2. The zero-order valence-electron chi connectivity index (χ0n) is 19.5. The molecule has 1 atom stereocenters. The minimum Gasteiger partial charge on any atom is -0.351 e. The highest BCUT2D eigenvalue weighted by atomic mass is 32.2. The van der Waals surface area contributed by atoms with Gasteiger partial charge >= 0.3 is 0 Å². The summed E-state index contributed by atoms with van der Waals surface area (Å²) in [6.07, 6.45) is 0. The van der Waals surface area contributed by atoms with Crippen LogP contribution in [0.5, 0.6) is 0 Å². The molecule has 4 rings (SSSR count). The lowest BCUT2D eigenvalue weighted by Crippen LogP contribution is -2.30. The summed E-state index contributed by atoms with van der Waals surface area (Å²) in [7, 11) is -3.77. The summed E-state index contributed by atoms with van der Waals surface area (Å²) in [5.74, 6) is 0.0400. The Morgan fingerprint density at radius 1 is 0.771 bits per heavy atom. The van der Waals surface area contributed by atoms with Gasteiger partial charge in [0, 0.05) is 12.1 Å².